The van der Waals surface area contributed by atoms with Crippen LogP contribution in [0.1, 0.15) is 36.7 Å². The summed E-state index contributed by atoms with van der Waals surface area (Å²) in [6.07, 6.45) is 4.15. The van der Waals surface area contributed by atoms with E-state index in [0.717, 1.165) is 35.2 Å². The van der Waals surface area contributed by atoms with E-state index in [1.54, 1.807) is 11.3 Å². The Morgan fingerprint density at radius 3 is 3.13 bits per heavy atom. The minimum absolute atomic E-state index is 0.328. The highest BCUT2D eigenvalue weighted by Gasteiger charge is 2.18. The van der Waals surface area contributed by atoms with Crippen LogP contribution in [0.5, 0.6) is 0 Å². The maximum atomic E-state index is 9.93. The Hall–Kier alpha value is 0.1000. The van der Waals surface area contributed by atoms with Crippen LogP contribution in [0.15, 0.2) is 15.9 Å². The zero-order valence-corrected chi connectivity index (χ0v) is 10.9. The van der Waals surface area contributed by atoms with Crippen LogP contribution in [0, 0.1) is 0 Å². The fraction of sp³-hybridized carbons (Fsp3) is 0.636. The molecular formula is C11H15BrO2S. The van der Waals surface area contributed by atoms with Gasteiger partial charge in [-0.2, -0.15) is 0 Å². The van der Waals surface area contributed by atoms with Gasteiger partial charge < -0.3 is 9.84 Å². The van der Waals surface area contributed by atoms with E-state index in [4.69, 9.17) is 4.74 Å². The lowest BCUT2D eigenvalue weighted by atomic mass is 10.1. The van der Waals surface area contributed by atoms with E-state index in [1.807, 2.05) is 11.4 Å². The van der Waals surface area contributed by atoms with Gasteiger partial charge in [-0.3, -0.25) is 0 Å². The first-order valence-corrected chi connectivity index (χ1v) is 6.96. The first-order valence-electron chi connectivity index (χ1n) is 5.29. The van der Waals surface area contributed by atoms with E-state index in [2.05, 4.69) is 15.9 Å². The summed E-state index contributed by atoms with van der Waals surface area (Å²) in [6.45, 7) is 0.894. The molecule has 0 aliphatic carbocycles. The number of hydrogen-bond donors (Lipinski definition) is 1. The molecule has 0 amide bonds. The predicted octanol–water partition coefficient (Wildman–Crippen LogP) is 3.50. The third kappa shape index (κ3) is 3.28. The van der Waals surface area contributed by atoms with Gasteiger partial charge in [0.1, 0.15) is 0 Å². The second-order valence-corrected chi connectivity index (χ2v) is 5.75. The lowest BCUT2D eigenvalue weighted by molar-refractivity contribution is 0.0820. The number of aliphatic hydroxyl groups excluding tert-OH is 1. The summed E-state index contributed by atoms with van der Waals surface area (Å²) in [6, 6.07) is 1.99. The molecule has 0 bridgehead atoms. The van der Waals surface area contributed by atoms with Crippen LogP contribution < -0.4 is 0 Å². The number of halogens is 1. The SMILES string of the molecule is OC(CCC1CCCO1)c1cc(Br)cs1. The van der Waals surface area contributed by atoms with Crippen molar-refractivity contribution in [3.05, 3.63) is 20.8 Å². The summed E-state index contributed by atoms with van der Waals surface area (Å²) >= 11 is 4.99. The summed E-state index contributed by atoms with van der Waals surface area (Å²) in [7, 11) is 0. The van der Waals surface area contributed by atoms with Crippen molar-refractivity contribution in [2.24, 2.45) is 0 Å². The van der Waals surface area contributed by atoms with E-state index in [-0.39, 0.29) is 6.10 Å². The fourth-order valence-corrected chi connectivity index (χ4v) is 3.33. The molecule has 1 aliphatic heterocycles. The molecule has 1 aliphatic rings. The summed E-state index contributed by atoms with van der Waals surface area (Å²) in [4.78, 5) is 1.04. The third-order valence-corrected chi connectivity index (χ3v) is 4.50. The summed E-state index contributed by atoms with van der Waals surface area (Å²) < 4.78 is 6.58. The minimum Gasteiger partial charge on any atom is -0.388 e. The average molecular weight is 291 g/mol. The lowest BCUT2D eigenvalue weighted by Crippen LogP contribution is -2.07. The zero-order valence-electron chi connectivity index (χ0n) is 8.49. The molecule has 0 spiro atoms. The molecule has 2 atom stereocenters. The van der Waals surface area contributed by atoms with Gasteiger partial charge >= 0.3 is 0 Å². The van der Waals surface area contributed by atoms with Crippen molar-refractivity contribution in [3.63, 3.8) is 0 Å². The molecule has 1 fully saturated rings. The molecule has 2 heterocycles. The molecule has 0 saturated carbocycles. The largest absolute Gasteiger partial charge is 0.388 e. The van der Waals surface area contributed by atoms with Gasteiger partial charge in [0, 0.05) is 21.3 Å². The lowest BCUT2D eigenvalue weighted by Gasteiger charge is -2.12. The molecule has 1 aromatic heterocycles. The van der Waals surface area contributed by atoms with Crippen LogP contribution in [0.3, 0.4) is 0 Å². The first-order chi connectivity index (χ1) is 7.25. The van der Waals surface area contributed by atoms with E-state index in [9.17, 15) is 5.11 Å². The maximum absolute atomic E-state index is 9.93. The van der Waals surface area contributed by atoms with Crippen LogP contribution in [0.2, 0.25) is 0 Å². The van der Waals surface area contributed by atoms with Gasteiger partial charge in [-0.05, 0) is 47.7 Å². The Morgan fingerprint density at radius 1 is 1.67 bits per heavy atom. The molecule has 15 heavy (non-hydrogen) atoms. The predicted molar refractivity (Wildman–Crippen MR) is 65.2 cm³/mol. The molecule has 0 radical (unpaired) electrons. The second kappa shape index (κ2) is 5.43. The molecule has 1 N–H and O–H groups in total. The van der Waals surface area contributed by atoms with Gasteiger partial charge in [0.2, 0.25) is 0 Å². The monoisotopic (exact) mass is 290 g/mol. The van der Waals surface area contributed by atoms with Crippen LogP contribution in [-0.4, -0.2) is 17.8 Å². The number of ether oxygens (including phenoxy) is 1. The number of rotatable bonds is 4. The maximum Gasteiger partial charge on any atom is 0.0883 e. The molecule has 1 aromatic rings. The molecule has 84 valence electrons. The normalized spacial score (nSPS) is 23.2. The molecule has 0 aromatic carbocycles. The van der Waals surface area contributed by atoms with Gasteiger partial charge in [-0.15, -0.1) is 11.3 Å². The molecule has 4 heteroatoms. The molecule has 2 nitrogen and oxygen atoms in total. The molecular weight excluding hydrogens is 276 g/mol. The van der Waals surface area contributed by atoms with Crippen LogP contribution in [0.25, 0.3) is 0 Å². The van der Waals surface area contributed by atoms with E-state index >= 15 is 0 Å². The van der Waals surface area contributed by atoms with Crippen molar-refractivity contribution in [2.75, 3.05) is 6.61 Å². The quantitative estimate of drug-likeness (QED) is 0.920. The number of thiophene rings is 1. The minimum atomic E-state index is -0.328. The van der Waals surface area contributed by atoms with Gasteiger partial charge in [0.05, 0.1) is 12.2 Å². The van der Waals surface area contributed by atoms with E-state index in [0.29, 0.717) is 6.10 Å². The molecule has 1 saturated heterocycles. The van der Waals surface area contributed by atoms with Crippen molar-refractivity contribution in [1.82, 2.24) is 0 Å². The van der Waals surface area contributed by atoms with Crippen molar-refractivity contribution in [3.8, 4) is 0 Å². The smallest absolute Gasteiger partial charge is 0.0883 e. The number of aliphatic hydroxyl groups is 1. The Morgan fingerprint density at radius 2 is 2.53 bits per heavy atom. The van der Waals surface area contributed by atoms with Gasteiger partial charge in [-0.1, -0.05) is 0 Å². The van der Waals surface area contributed by atoms with Crippen LogP contribution in [0.4, 0.5) is 0 Å². The second-order valence-electron chi connectivity index (χ2n) is 3.90. The Labute approximate surface area is 102 Å². The number of hydrogen-bond acceptors (Lipinski definition) is 3. The molecule has 2 unspecified atom stereocenters. The van der Waals surface area contributed by atoms with Crippen molar-refractivity contribution < 1.29 is 9.84 Å². The zero-order chi connectivity index (χ0) is 10.7. The summed E-state index contributed by atoms with van der Waals surface area (Å²) in [5, 5.41) is 11.9. The summed E-state index contributed by atoms with van der Waals surface area (Å²) in [5.41, 5.74) is 0. The Bertz CT molecular complexity index is 307. The Kier molecular flexibility index (Phi) is 4.20. The summed E-state index contributed by atoms with van der Waals surface area (Å²) in [5.74, 6) is 0. The fourth-order valence-electron chi connectivity index (χ4n) is 1.86. The van der Waals surface area contributed by atoms with Crippen molar-refractivity contribution in [2.45, 2.75) is 37.9 Å². The standard InChI is InChI=1S/C11H15BrO2S/c12-8-6-11(15-7-8)10(13)4-3-9-2-1-5-14-9/h6-7,9-10,13H,1-5H2. The first kappa shape index (κ1) is 11.6. The van der Waals surface area contributed by atoms with Gasteiger partial charge in [0.15, 0.2) is 0 Å². The topological polar surface area (TPSA) is 29.5 Å². The van der Waals surface area contributed by atoms with E-state index < -0.39 is 0 Å². The highest BCUT2D eigenvalue weighted by molar-refractivity contribution is 9.10. The van der Waals surface area contributed by atoms with Crippen LogP contribution >= 0.6 is 27.3 Å². The van der Waals surface area contributed by atoms with Gasteiger partial charge in [0.25, 0.3) is 0 Å². The highest BCUT2D eigenvalue weighted by Crippen LogP contribution is 2.29. The van der Waals surface area contributed by atoms with Gasteiger partial charge in [-0.25, -0.2) is 0 Å². The highest BCUT2D eigenvalue weighted by atomic mass is 79.9. The average Bonchev–Trinajstić information content (AvgIpc) is 2.84. The Balaban J connectivity index is 1.79. The van der Waals surface area contributed by atoms with Crippen molar-refractivity contribution >= 4 is 27.3 Å². The van der Waals surface area contributed by atoms with E-state index in [1.165, 1.54) is 6.42 Å². The third-order valence-electron chi connectivity index (χ3n) is 2.70. The van der Waals surface area contributed by atoms with Crippen molar-refractivity contribution in [1.29, 1.82) is 0 Å². The van der Waals surface area contributed by atoms with Crippen LogP contribution in [-0.2, 0) is 4.74 Å². The molecule has 2 rings (SSSR count).